The fourth-order valence-corrected chi connectivity index (χ4v) is 3.91. The molecular formula is C25H27ClN2O7. The predicted octanol–water partition coefficient (Wildman–Crippen LogP) is 6.58. The number of hydrogen-bond donors (Lipinski definition) is 1. The van der Waals surface area contributed by atoms with Crippen molar-refractivity contribution < 1.29 is 33.4 Å². The van der Waals surface area contributed by atoms with E-state index in [1.807, 2.05) is 18.2 Å². The van der Waals surface area contributed by atoms with E-state index in [1.165, 1.54) is 6.07 Å². The molecule has 9 nitrogen and oxygen atoms in total. The number of halogens is 1. The molecule has 0 spiro atoms. The minimum Gasteiger partial charge on any atom is -0.489 e. The Bertz CT molecular complexity index is 1290. The maximum Gasteiger partial charge on any atom is 0.425 e. The first kappa shape index (κ1) is 24.7. The summed E-state index contributed by atoms with van der Waals surface area (Å²) in [6.07, 6.45) is -0.769. The number of hydrogen-bond acceptors (Lipinski definition) is 7. The van der Waals surface area contributed by atoms with Crippen LogP contribution in [-0.4, -0.2) is 33.7 Å². The van der Waals surface area contributed by atoms with Gasteiger partial charge in [-0.1, -0.05) is 22.8 Å². The molecule has 10 heteroatoms. The van der Waals surface area contributed by atoms with Crippen molar-refractivity contribution in [1.82, 2.24) is 5.16 Å². The van der Waals surface area contributed by atoms with Crippen molar-refractivity contribution >= 4 is 40.6 Å². The Morgan fingerprint density at radius 1 is 1.23 bits per heavy atom. The number of carbonyl (C=O) groups is 2. The topological polar surface area (TPSA) is 111 Å². The highest BCUT2D eigenvalue weighted by Gasteiger charge is 2.33. The zero-order valence-electron chi connectivity index (χ0n) is 20.2. The van der Waals surface area contributed by atoms with Crippen LogP contribution in [0.5, 0.6) is 11.5 Å². The highest BCUT2D eigenvalue weighted by Crippen LogP contribution is 2.36. The summed E-state index contributed by atoms with van der Waals surface area (Å²) in [5.74, 6) is 1.19. The van der Waals surface area contributed by atoms with Gasteiger partial charge in [0.2, 0.25) is 0 Å². The third-order valence-electron chi connectivity index (χ3n) is 5.41. The monoisotopic (exact) mass is 502 g/mol. The molecule has 0 aliphatic carbocycles. The van der Waals surface area contributed by atoms with Crippen LogP contribution >= 0.6 is 11.6 Å². The van der Waals surface area contributed by atoms with E-state index in [0.717, 1.165) is 24.2 Å². The number of benzene rings is 2. The van der Waals surface area contributed by atoms with Gasteiger partial charge in [0, 0.05) is 16.7 Å². The molecule has 3 aromatic rings. The molecule has 2 heterocycles. The second-order valence-corrected chi connectivity index (χ2v) is 10.4. The third-order valence-corrected chi connectivity index (χ3v) is 5.77. The van der Waals surface area contributed by atoms with E-state index in [0.29, 0.717) is 21.2 Å². The van der Waals surface area contributed by atoms with Crippen LogP contribution in [0.4, 0.5) is 15.4 Å². The smallest absolute Gasteiger partial charge is 0.425 e. The van der Waals surface area contributed by atoms with E-state index in [1.54, 1.807) is 26.8 Å². The molecule has 1 N–H and O–H groups in total. The number of ether oxygens (including phenoxy) is 3. The van der Waals surface area contributed by atoms with Gasteiger partial charge in [-0.15, -0.1) is 0 Å². The maximum absolute atomic E-state index is 12.5. The van der Waals surface area contributed by atoms with Crippen LogP contribution in [0.2, 0.25) is 5.02 Å². The Balaban J connectivity index is 1.56. The fraction of sp³-hybridized carbons (Fsp3) is 0.400. The Hall–Kier alpha value is -3.46. The van der Waals surface area contributed by atoms with Crippen molar-refractivity contribution in [3.05, 3.63) is 46.5 Å². The summed E-state index contributed by atoms with van der Waals surface area (Å²) in [6.45, 7) is 9.12. The molecule has 0 fully saturated rings. The summed E-state index contributed by atoms with van der Waals surface area (Å²) in [6, 6.07) is 8.82. The average Bonchev–Trinajstić information content (AvgIpc) is 3.11. The number of aromatic nitrogens is 1. The molecule has 1 aliphatic heterocycles. The molecule has 0 radical (unpaired) electrons. The van der Waals surface area contributed by atoms with E-state index in [-0.39, 0.29) is 29.0 Å². The zero-order chi connectivity index (χ0) is 25.5. The number of imide groups is 1. The van der Waals surface area contributed by atoms with Crippen molar-refractivity contribution in [3.8, 4) is 11.5 Å². The van der Waals surface area contributed by atoms with Gasteiger partial charge in [-0.05, 0) is 71.2 Å². The Kier molecular flexibility index (Phi) is 6.31. The molecule has 2 aromatic carbocycles. The number of fused-ring (bicyclic) bond motifs is 2. The number of aryl methyl sites for hydroxylation is 1. The van der Waals surface area contributed by atoms with Gasteiger partial charge in [0.25, 0.3) is 0 Å². The lowest BCUT2D eigenvalue weighted by Gasteiger charge is -2.32. The van der Waals surface area contributed by atoms with Crippen LogP contribution in [-0.2, 0) is 17.8 Å². The molecule has 0 bridgehead atoms. The summed E-state index contributed by atoms with van der Waals surface area (Å²) in [5.41, 5.74) is 0.850. The van der Waals surface area contributed by atoms with Crippen LogP contribution in [0.25, 0.3) is 11.0 Å². The van der Waals surface area contributed by atoms with Crippen LogP contribution in [0.3, 0.4) is 0 Å². The first-order valence-electron chi connectivity index (χ1n) is 11.1. The minimum absolute atomic E-state index is 0.127. The standard InChI is InChI=1S/C25H27ClN2O7/c1-24(2,3)34-23(31)28(22(29)30)21-17-12-18(26)15(10-20(17)35-27-21)13-32-16-7-6-14-8-9-25(4,5)33-19(14)11-16/h6-7,10-12H,8-9,13H2,1-5H3,(H,29,30). The van der Waals surface area contributed by atoms with Gasteiger partial charge in [0.15, 0.2) is 11.4 Å². The van der Waals surface area contributed by atoms with E-state index < -0.39 is 17.8 Å². The lowest BCUT2D eigenvalue weighted by molar-refractivity contribution is 0.0580. The summed E-state index contributed by atoms with van der Waals surface area (Å²) in [5, 5.41) is 13.9. The van der Waals surface area contributed by atoms with Gasteiger partial charge < -0.3 is 23.8 Å². The van der Waals surface area contributed by atoms with Gasteiger partial charge >= 0.3 is 12.2 Å². The molecule has 1 aromatic heterocycles. The molecule has 0 saturated heterocycles. The average molecular weight is 503 g/mol. The van der Waals surface area contributed by atoms with Crippen molar-refractivity contribution in [3.63, 3.8) is 0 Å². The van der Waals surface area contributed by atoms with E-state index >= 15 is 0 Å². The first-order chi connectivity index (χ1) is 16.3. The number of carbonyl (C=O) groups excluding carboxylic acids is 1. The van der Waals surface area contributed by atoms with Crippen LogP contribution in [0.1, 0.15) is 52.2 Å². The fourth-order valence-electron chi connectivity index (χ4n) is 3.69. The quantitative estimate of drug-likeness (QED) is 0.425. The normalized spacial score (nSPS) is 14.7. The van der Waals surface area contributed by atoms with Crippen molar-refractivity contribution in [1.29, 1.82) is 0 Å². The number of nitrogens with zero attached hydrogens (tertiary/aromatic N) is 2. The molecule has 35 heavy (non-hydrogen) atoms. The molecule has 0 unspecified atom stereocenters. The van der Waals surface area contributed by atoms with Gasteiger partial charge in [0.05, 0.1) is 5.39 Å². The highest BCUT2D eigenvalue weighted by molar-refractivity contribution is 6.32. The molecule has 2 amide bonds. The van der Waals surface area contributed by atoms with E-state index in [9.17, 15) is 14.7 Å². The van der Waals surface area contributed by atoms with Crippen molar-refractivity contribution in [2.45, 2.75) is 65.3 Å². The molecule has 0 saturated carbocycles. The van der Waals surface area contributed by atoms with Gasteiger partial charge in [0.1, 0.15) is 29.3 Å². The van der Waals surface area contributed by atoms with Crippen LogP contribution < -0.4 is 14.4 Å². The highest BCUT2D eigenvalue weighted by atomic mass is 35.5. The van der Waals surface area contributed by atoms with Gasteiger partial charge in [-0.25, -0.2) is 9.59 Å². The summed E-state index contributed by atoms with van der Waals surface area (Å²) < 4.78 is 22.5. The Morgan fingerprint density at radius 2 is 1.97 bits per heavy atom. The van der Waals surface area contributed by atoms with Crippen molar-refractivity contribution in [2.75, 3.05) is 4.90 Å². The van der Waals surface area contributed by atoms with Gasteiger partial charge in [-0.2, -0.15) is 4.90 Å². The summed E-state index contributed by atoms with van der Waals surface area (Å²) >= 11 is 6.47. The van der Waals surface area contributed by atoms with E-state index in [2.05, 4.69) is 19.0 Å². The van der Waals surface area contributed by atoms with Crippen LogP contribution in [0.15, 0.2) is 34.9 Å². The Labute approximate surface area is 207 Å². The SMILES string of the molecule is CC(C)(C)OC(=O)N(C(=O)O)c1noc2cc(COc3ccc4c(c3)OC(C)(C)CC4)c(Cl)cc12. The molecule has 0 atom stereocenters. The molecular weight excluding hydrogens is 476 g/mol. The lowest BCUT2D eigenvalue weighted by Crippen LogP contribution is -2.40. The zero-order valence-corrected chi connectivity index (χ0v) is 20.9. The Morgan fingerprint density at radius 3 is 2.66 bits per heavy atom. The van der Waals surface area contributed by atoms with Gasteiger partial charge in [-0.3, -0.25) is 0 Å². The number of carboxylic acid groups (broad SMARTS) is 1. The van der Waals surface area contributed by atoms with Crippen molar-refractivity contribution in [2.24, 2.45) is 0 Å². The predicted molar refractivity (Wildman–Crippen MR) is 130 cm³/mol. The largest absolute Gasteiger partial charge is 0.489 e. The summed E-state index contributed by atoms with van der Waals surface area (Å²) in [7, 11) is 0. The second kappa shape index (κ2) is 8.96. The third kappa shape index (κ3) is 5.45. The summed E-state index contributed by atoms with van der Waals surface area (Å²) in [4.78, 5) is 24.7. The molecule has 186 valence electrons. The lowest BCUT2D eigenvalue weighted by atomic mass is 9.94. The number of rotatable bonds is 4. The maximum atomic E-state index is 12.5. The molecule has 4 rings (SSSR count). The number of anilines is 1. The van der Waals surface area contributed by atoms with E-state index in [4.69, 9.17) is 30.3 Å². The molecule has 1 aliphatic rings. The first-order valence-corrected chi connectivity index (χ1v) is 11.5. The van der Waals surface area contributed by atoms with Crippen LogP contribution in [0, 0.1) is 0 Å². The number of amides is 2. The minimum atomic E-state index is -1.56. The second-order valence-electron chi connectivity index (χ2n) is 9.96.